The van der Waals surface area contributed by atoms with Gasteiger partial charge in [-0.1, -0.05) is 91.8 Å². The predicted octanol–water partition coefficient (Wildman–Crippen LogP) is 11.4. The van der Waals surface area contributed by atoms with Gasteiger partial charge < -0.3 is 14.4 Å². The molecule has 231 valence electrons. The van der Waals surface area contributed by atoms with Crippen molar-refractivity contribution in [3.8, 4) is 22.5 Å². The number of aryl methyl sites for hydroxylation is 1. The molecule has 2 saturated carbocycles. The summed E-state index contributed by atoms with van der Waals surface area (Å²) in [6.45, 7) is -2.51. The Morgan fingerprint density at radius 2 is 1.62 bits per heavy atom. The van der Waals surface area contributed by atoms with Gasteiger partial charge in [0.05, 0.1) is 13.8 Å². The summed E-state index contributed by atoms with van der Waals surface area (Å²) in [6.07, 6.45) is 11.8. The van der Waals surface area contributed by atoms with Crippen molar-refractivity contribution >= 4 is 21.9 Å². The van der Waals surface area contributed by atoms with E-state index in [9.17, 15) is 0 Å². The van der Waals surface area contributed by atoms with Crippen molar-refractivity contribution in [1.29, 1.82) is 0 Å². The summed E-state index contributed by atoms with van der Waals surface area (Å²) in [5.41, 5.74) is 4.50. The Hall–Kier alpha value is -3.59. The average Bonchev–Trinajstić information content (AvgIpc) is 3.56. The molecule has 2 aliphatic rings. The fourth-order valence-corrected chi connectivity index (χ4v) is 6.58. The predicted molar refractivity (Wildman–Crippen MR) is 181 cm³/mol. The fourth-order valence-electron chi connectivity index (χ4n) is 6.58. The number of pyridine rings is 2. The molecule has 2 aliphatic carbocycles. The third-order valence-electron chi connectivity index (χ3n) is 8.80. The second-order valence-electron chi connectivity index (χ2n) is 11.6. The number of benzene rings is 3. The number of hydrogen-bond donors (Lipinski definition) is 0. The summed E-state index contributed by atoms with van der Waals surface area (Å²) < 4.78 is 85.8. The van der Waals surface area contributed by atoms with Crippen LogP contribution in [0.5, 0.6) is 0 Å². The first-order valence-corrected chi connectivity index (χ1v) is 15.6. The maximum absolute atomic E-state index is 9.09. The molecule has 0 unspecified atom stereocenters. The Morgan fingerprint density at radius 3 is 2.47 bits per heavy atom. The minimum Gasteiger partial charge on any atom is -0.500 e. The van der Waals surface area contributed by atoms with Crippen LogP contribution in [0.1, 0.15) is 106 Å². The average molecular weight is 779 g/mol. The van der Waals surface area contributed by atoms with Gasteiger partial charge in [-0.05, 0) is 72.9 Å². The van der Waals surface area contributed by atoms with E-state index in [1.165, 1.54) is 37.7 Å². The van der Waals surface area contributed by atoms with E-state index >= 15 is 0 Å². The number of para-hydroxylation sites is 1. The van der Waals surface area contributed by atoms with Crippen molar-refractivity contribution < 1.29 is 38.2 Å². The third-order valence-corrected chi connectivity index (χ3v) is 8.80. The number of rotatable bonds is 4. The zero-order valence-electron chi connectivity index (χ0n) is 35.0. The molecule has 0 bridgehead atoms. The Kier molecular flexibility index (Phi) is 6.93. The van der Waals surface area contributed by atoms with Crippen molar-refractivity contribution in [3.05, 3.63) is 120 Å². The van der Waals surface area contributed by atoms with Crippen LogP contribution in [-0.2, 0) is 20.1 Å². The van der Waals surface area contributed by atoms with Crippen LogP contribution in [0.15, 0.2) is 95.5 Å². The molecule has 0 atom stereocenters. The van der Waals surface area contributed by atoms with Gasteiger partial charge in [-0.15, -0.1) is 53.6 Å². The van der Waals surface area contributed by atoms with E-state index in [0.29, 0.717) is 28.2 Å². The van der Waals surface area contributed by atoms with Crippen LogP contribution in [-0.4, -0.2) is 9.97 Å². The normalized spacial score (nSPS) is 19.9. The van der Waals surface area contributed by atoms with Gasteiger partial charge in [0.25, 0.3) is 0 Å². The van der Waals surface area contributed by atoms with Crippen LogP contribution in [0, 0.1) is 19.0 Å². The van der Waals surface area contributed by atoms with Gasteiger partial charge in [0.1, 0.15) is 5.58 Å². The first-order chi connectivity index (χ1) is 25.8. The van der Waals surface area contributed by atoms with Gasteiger partial charge in [0.15, 0.2) is 0 Å². The summed E-state index contributed by atoms with van der Waals surface area (Å²) in [5, 5.41) is 1.71. The molecule has 0 saturated heterocycles. The maximum atomic E-state index is 9.09. The van der Waals surface area contributed by atoms with Crippen LogP contribution in [0.2, 0.25) is 0 Å². The van der Waals surface area contributed by atoms with E-state index < -0.39 is 12.7 Å². The van der Waals surface area contributed by atoms with Crippen LogP contribution in [0.3, 0.4) is 0 Å². The number of fused-ring (bicyclic) bond motifs is 3. The second kappa shape index (κ2) is 14.7. The molecule has 0 spiro atoms. The second-order valence-corrected chi connectivity index (χ2v) is 11.6. The van der Waals surface area contributed by atoms with Crippen LogP contribution >= 0.6 is 0 Å². The van der Waals surface area contributed by atoms with Crippen molar-refractivity contribution in [1.82, 2.24) is 9.97 Å². The van der Waals surface area contributed by atoms with Gasteiger partial charge in [-0.2, -0.15) is 0 Å². The molecule has 3 heterocycles. The smallest absolute Gasteiger partial charge is 0.124 e. The molecule has 45 heavy (non-hydrogen) atoms. The molecule has 0 amide bonds. The molecule has 3 nitrogen and oxygen atoms in total. The molecule has 4 heteroatoms. The zero-order valence-corrected chi connectivity index (χ0v) is 27.4. The van der Waals surface area contributed by atoms with Gasteiger partial charge >= 0.3 is 0 Å². The van der Waals surface area contributed by atoms with Crippen LogP contribution in [0.4, 0.5) is 0 Å². The number of aromatic nitrogens is 2. The minimum atomic E-state index is -2.51. The fraction of sp³-hybridized carbons (Fsp3) is 0.317. The Bertz CT molecular complexity index is 2350. The van der Waals surface area contributed by atoms with E-state index in [1.54, 1.807) is 6.07 Å². The van der Waals surface area contributed by atoms with Gasteiger partial charge in [-0.25, -0.2) is 0 Å². The van der Waals surface area contributed by atoms with Crippen LogP contribution in [0.25, 0.3) is 44.5 Å². The van der Waals surface area contributed by atoms with E-state index in [2.05, 4.69) is 28.2 Å². The molecule has 3 aromatic heterocycles. The monoisotopic (exact) mass is 779 g/mol. The van der Waals surface area contributed by atoms with Crippen molar-refractivity contribution in [2.45, 2.75) is 82.9 Å². The molecule has 3 aromatic carbocycles. The first-order valence-electron chi connectivity index (χ1n) is 20.6. The number of nitrogens with zero attached hydrogens (tertiary/aromatic N) is 2. The van der Waals surface area contributed by atoms with E-state index in [4.69, 9.17) is 18.1 Å². The Morgan fingerprint density at radius 1 is 0.822 bits per heavy atom. The summed E-state index contributed by atoms with van der Waals surface area (Å²) in [5.74, 6) is -0.151. The summed E-state index contributed by atoms with van der Waals surface area (Å²) >= 11 is 0. The number of furan rings is 1. The van der Waals surface area contributed by atoms with Crippen molar-refractivity contribution in [2.24, 2.45) is 0 Å². The van der Waals surface area contributed by atoms with Gasteiger partial charge in [-0.3, -0.25) is 0 Å². The molecule has 8 rings (SSSR count). The molecule has 6 aromatic rings. The summed E-state index contributed by atoms with van der Waals surface area (Å²) in [4.78, 5) is 8.26. The molecular weight excluding hydrogens is 729 g/mol. The number of hydrogen-bond acceptors (Lipinski definition) is 3. The van der Waals surface area contributed by atoms with Crippen molar-refractivity contribution in [3.63, 3.8) is 0 Å². The molecular formula is C41H40IrN2O-2. The quantitative estimate of drug-likeness (QED) is 0.167. The Labute approximate surface area is 294 Å². The van der Waals surface area contributed by atoms with Crippen LogP contribution < -0.4 is 0 Å². The van der Waals surface area contributed by atoms with Gasteiger partial charge in [0.2, 0.25) is 0 Å². The van der Waals surface area contributed by atoms with Crippen molar-refractivity contribution in [2.75, 3.05) is 0 Å². The minimum absolute atomic E-state index is 0. The first kappa shape index (κ1) is 21.3. The summed E-state index contributed by atoms with van der Waals surface area (Å²) in [7, 11) is 0. The van der Waals surface area contributed by atoms with Gasteiger partial charge in [0, 0.05) is 43.3 Å². The Balaban J connectivity index is 0.000000196. The van der Waals surface area contributed by atoms with E-state index in [1.807, 2.05) is 36.4 Å². The van der Waals surface area contributed by atoms with E-state index in [0.717, 1.165) is 54.6 Å². The topological polar surface area (TPSA) is 38.9 Å². The molecule has 2 fully saturated rings. The van der Waals surface area contributed by atoms with E-state index in [-0.39, 0.29) is 73.4 Å². The SMILES string of the molecule is [2H]c1c(C([2H])([2H])[2H])cnc(-c2[c-]ccc3c2oc2c(C4([2H])CCCCC4)cccc23)c1[2H].[2H]c1nc(-c2[c-]ccc(C3CCCCC3)c2)c([2H])c([2H])c1[2H].[Ir]. The molecule has 1 radical (unpaired) electrons. The third kappa shape index (κ3) is 6.98. The standard InChI is InChI=1S/C24H22NO.C17H18N.Ir/c1-16-13-14-22(25-15-16)21-12-6-11-20-19-10-5-9-18(23(19)26-24(20)21)17-7-3-2-4-8-17;1-2-7-14(8-3-1)15-9-6-10-16(13-15)17-11-4-5-12-18-17;/h5-6,9-11,13-15,17H,2-4,7-8H2,1H3;4-6,9,11-14H,1-3,7-8H2;/q2*-1;/i1D3,13D,14D,17D;4D,5D,11D,12D;. The molecule has 0 aliphatic heterocycles. The summed E-state index contributed by atoms with van der Waals surface area (Å²) in [6, 6.07) is 20.2. The maximum Gasteiger partial charge on any atom is 0.124 e. The zero-order chi connectivity index (χ0) is 38.4. The molecule has 0 N–H and O–H groups in total. The largest absolute Gasteiger partial charge is 0.500 e.